The van der Waals surface area contributed by atoms with E-state index in [0.717, 1.165) is 24.5 Å². The summed E-state index contributed by atoms with van der Waals surface area (Å²) in [5.41, 5.74) is 5.23. The van der Waals surface area contributed by atoms with Crippen LogP contribution in [0.1, 0.15) is 6.42 Å². The predicted octanol–water partition coefficient (Wildman–Crippen LogP) is 0.121. The van der Waals surface area contributed by atoms with Crippen molar-refractivity contribution in [3.8, 4) is 0 Å². The van der Waals surface area contributed by atoms with Crippen LogP contribution in [0.2, 0.25) is 0 Å². The summed E-state index contributed by atoms with van der Waals surface area (Å²) in [4.78, 5) is -0.228. The molecule has 0 aliphatic heterocycles. The van der Waals surface area contributed by atoms with E-state index in [-0.39, 0.29) is 29.3 Å². The molecular formula is C10H15FN2O4S2. The third-order valence-corrected chi connectivity index (χ3v) is 4.81. The number of anilines is 1. The molecule has 6 nitrogen and oxygen atoms in total. The van der Waals surface area contributed by atoms with Crippen molar-refractivity contribution in [2.24, 2.45) is 0 Å². The molecule has 1 rings (SSSR count). The number of rotatable bonds is 6. The van der Waals surface area contributed by atoms with Gasteiger partial charge in [-0.1, -0.05) is 0 Å². The predicted molar refractivity (Wildman–Crippen MR) is 70.3 cm³/mol. The minimum atomic E-state index is -3.86. The molecule has 1 aromatic carbocycles. The van der Waals surface area contributed by atoms with Gasteiger partial charge in [-0.05, 0) is 24.6 Å². The summed E-state index contributed by atoms with van der Waals surface area (Å²) in [6.07, 6.45) is 1.22. The number of benzene rings is 1. The number of halogens is 1. The molecule has 0 aliphatic carbocycles. The van der Waals surface area contributed by atoms with Gasteiger partial charge in [-0.25, -0.2) is 25.9 Å². The molecule has 0 spiro atoms. The van der Waals surface area contributed by atoms with Crippen LogP contribution in [0.4, 0.5) is 10.1 Å². The zero-order valence-corrected chi connectivity index (χ0v) is 11.9. The maximum Gasteiger partial charge on any atom is 0.242 e. The molecule has 0 bridgehead atoms. The van der Waals surface area contributed by atoms with Crippen LogP contribution in [0, 0.1) is 5.82 Å². The Morgan fingerprint density at radius 2 is 1.89 bits per heavy atom. The summed E-state index contributed by atoms with van der Waals surface area (Å²) < 4.78 is 60.4. The van der Waals surface area contributed by atoms with E-state index < -0.39 is 25.7 Å². The highest BCUT2D eigenvalue weighted by molar-refractivity contribution is 7.90. The third kappa shape index (κ3) is 5.13. The van der Waals surface area contributed by atoms with E-state index in [0.29, 0.717) is 0 Å². The first-order valence-corrected chi connectivity index (χ1v) is 8.88. The van der Waals surface area contributed by atoms with Crippen molar-refractivity contribution in [2.45, 2.75) is 11.3 Å². The van der Waals surface area contributed by atoms with Crippen molar-refractivity contribution in [3.05, 3.63) is 24.0 Å². The average Bonchev–Trinajstić information content (AvgIpc) is 2.22. The van der Waals surface area contributed by atoms with Gasteiger partial charge in [0.2, 0.25) is 10.0 Å². The second-order valence-corrected chi connectivity index (χ2v) is 8.06. The molecule has 0 saturated heterocycles. The molecule has 0 atom stereocenters. The molecule has 0 aliphatic rings. The van der Waals surface area contributed by atoms with Crippen molar-refractivity contribution in [3.63, 3.8) is 0 Å². The van der Waals surface area contributed by atoms with Crippen LogP contribution in [0.5, 0.6) is 0 Å². The van der Waals surface area contributed by atoms with Crippen LogP contribution in [0.15, 0.2) is 23.1 Å². The van der Waals surface area contributed by atoms with Crippen LogP contribution < -0.4 is 10.5 Å². The standard InChI is InChI=1S/C10H15FN2O4S2/c1-18(14,15)6-2-5-13-19(16,17)10-4-3-8(11)7-9(10)12/h3-4,7,13H,2,5-6,12H2,1H3. The van der Waals surface area contributed by atoms with Gasteiger partial charge in [0.05, 0.1) is 11.4 Å². The quantitative estimate of drug-likeness (QED) is 0.573. The fourth-order valence-corrected chi connectivity index (χ4v) is 3.24. The first-order chi connectivity index (χ1) is 8.62. The Hall–Kier alpha value is -1.19. The summed E-state index contributed by atoms with van der Waals surface area (Å²) in [6.45, 7) is -0.0355. The highest BCUT2D eigenvalue weighted by atomic mass is 32.2. The Bertz CT molecular complexity index is 656. The molecule has 0 saturated carbocycles. The molecule has 108 valence electrons. The van der Waals surface area contributed by atoms with Gasteiger partial charge in [0.1, 0.15) is 20.5 Å². The summed E-state index contributed by atoms with van der Waals surface area (Å²) >= 11 is 0. The molecule has 0 fully saturated rings. The van der Waals surface area contributed by atoms with E-state index in [1.165, 1.54) is 0 Å². The van der Waals surface area contributed by atoms with Crippen LogP contribution in [-0.4, -0.2) is 35.4 Å². The smallest absolute Gasteiger partial charge is 0.242 e. The monoisotopic (exact) mass is 310 g/mol. The lowest BCUT2D eigenvalue weighted by Crippen LogP contribution is -2.26. The Morgan fingerprint density at radius 3 is 2.42 bits per heavy atom. The number of sulfone groups is 1. The van der Waals surface area contributed by atoms with Gasteiger partial charge in [-0.2, -0.15) is 0 Å². The normalized spacial score (nSPS) is 12.5. The van der Waals surface area contributed by atoms with Gasteiger partial charge >= 0.3 is 0 Å². The van der Waals surface area contributed by atoms with Crippen molar-refractivity contribution in [1.82, 2.24) is 4.72 Å². The first kappa shape index (κ1) is 15.9. The summed E-state index contributed by atoms with van der Waals surface area (Å²) in [7, 11) is -6.99. The second-order valence-electron chi connectivity index (χ2n) is 4.06. The maximum atomic E-state index is 12.8. The molecule has 0 unspecified atom stereocenters. The van der Waals surface area contributed by atoms with Crippen molar-refractivity contribution in [2.75, 3.05) is 24.3 Å². The van der Waals surface area contributed by atoms with Crippen LogP contribution in [0.25, 0.3) is 0 Å². The molecule has 19 heavy (non-hydrogen) atoms. The highest BCUT2D eigenvalue weighted by Crippen LogP contribution is 2.18. The number of hydrogen-bond acceptors (Lipinski definition) is 5. The Labute approximate surface area is 111 Å². The number of sulfonamides is 1. The summed E-state index contributed by atoms with van der Waals surface area (Å²) in [5, 5.41) is 0. The van der Waals surface area contributed by atoms with E-state index in [1.807, 2.05) is 0 Å². The zero-order valence-electron chi connectivity index (χ0n) is 10.3. The molecule has 1 aromatic rings. The maximum absolute atomic E-state index is 12.8. The Kier molecular flexibility index (Phi) is 4.88. The molecule has 0 aromatic heterocycles. The van der Waals surface area contributed by atoms with Crippen molar-refractivity contribution < 1.29 is 21.2 Å². The lowest BCUT2D eigenvalue weighted by atomic mass is 10.3. The molecule has 0 amide bonds. The fraction of sp³-hybridized carbons (Fsp3) is 0.400. The number of nitrogen functional groups attached to an aromatic ring is 1. The van der Waals surface area contributed by atoms with Crippen LogP contribution in [0.3, 0.4) is 0 Å². The molecular weight excluding hydrogens is 295 g/mol. The first-order valence-electron chi connectivity index (χ1n) is 5.34. The summed E-state index contributed by atoms with van der Waals surface area (Å²) in [5.74, 6) is -0.748. The van der Waals surface area contributed by atoms with E-state index in [2.05, 4.69) is 4.72 Å². The minimum Gasteiger partial charge on any atom is -0.398 e. The van der Waals surface area contributed by atoms with Gasteiger partial charge < -0.3 is 5.73 Å². The van der Waals surface area contributed by atoms with Gasteiger partial charge in [0.15, 0.2) is 0 Å². The van der Waals surface area contributed by atoms with E-state index in [1.54, 1.807) is 0 Å². The van der Waals surface area contributed by atoms with Gasteiger partial charge in [0.25, 0.3) is 0 Å². The van der Waals surface area contributed by atoms with Crippen LogP contribution in [-0.2, 0) is 19.9 Å². The Morgan fingerprint density at radius 1 is 1.26 bits per heavy atom. The van der Waals surface area contributed by atoms with E-state index in [4.69, 9.17) is 5.73 Å². The largest absolute Gasteiger partial charge is 0.398 e. The number of nitrogens with two attached hydrogens (primary N) is 1. The van der Waals surface area contributed by atoms with E-state index >= 15 is 0 Å². The molecule has 9 heteroatoms. The van der Waals surface area contributed by atoms with Crippen molar-refractivity contribution in [1.29, 1.82) is 0 Å². The lowest BCUT2D eigenvalue weighted by molar-refractivity contribution is 0.577. The zero-order chi connectivity index (χ0) is 14.7. The minimum absolute atomic E-state index is 0.0355. The summed E-state index contributed by atoms with van der Waals surface area (Å²) in [6, 6.07) is 2.95. The highest BCUT2D eigenvalue weighted by Gasteiger charge is 2.17. The SMILES string of the molecule is CS(=O)(=O)CCCNS(=O)(=O)c1ccc(F)cc1N. The topological polar surface area (TPSA) is 106 Å². The van der Waals surface area contributed by atoms with Crippen molar-refractivity contribution >= 4 is 25.5 Å². The second kappa shape index (κ2) is 5.85. The molecule has 0 radical (unpaired) electrons. The fourth-order valence-electron chi connectivity index (χ4n) is 1.38. The number of hydrogen-bond donors (Lipinski definition) is 2. The lowest BCUT2D eigenvalue weighted by Gasteiger charge is -2.08. The molecule has 0 heterocycles. The third-order valence-electron chi connectivity index (χ3n) is 2.25. The molecule has 3 N–H and O–H groups in total. The van der Waals surface area contributed by atoms with Crippen LogP contribution >= 0.6 is 0 Å². The van der Waals surface area contributed by atoms with Gasteiger partial charge in [0, 0.05) is 12.8 Å². The van der Waals surface area contributed by atoms with Gasteiger partial charge in [-0.3, -0.25) is 0 Å². The number of nitrogens with one attached hydrogen (secondary N) is 1. The average molecular weight is 310 g/mol. The van der Waals surface area contributed by atoms with E-state index in [9.17, 15) is 21.2 Å². The Balaban J connectivity index is 2.71. The van der Waals surface area contributed by atoms with Gasteiger partial charge in [-0.15, -0.1) is 0 Å².